The lowest BCUT2D eigenvalue weighted by Crippen LogP contribution is -2.13. The van der Waals surface area contributed by atoms with Gasteiger partial charge in [-0.1, -0.05) is 0 Å². The maximum atomic E-state index is 11.6. The van der Waals surface area contributed by atoms with Gasteiger partial charge in [-0.15, -0.1) is 0 Å². The number of benzene rings is 1. The van der Waals surface area contributed by atoms with Crippen molar-refractivity contribution >= 4 is 5.97 Å². The smallest absolute Gasteiger partial charge is 0.325 e. The average molecular weight is 274 g/mol. The van der Waals surface area contributed by atoms with Gasteiger partial charge in [-0.25, -0.2) is 4.98 Å². The van der Waals surface area contributed by atoms with E-state index in [1.54, 1.807) is 24.0 Å². The maximum Gasteiger partial charge on any atom is 0.325 e. The molecule has 1 aliphatic heterocycles. The van der Waals surface area contributed by atoms with E-state index in [-0.39, 0.29) is 19.3 Å². The predicted molar refractivity (Wildman–Crippen MR) is 70.4 cm³/mol. The molecule has 20 heavy (non-hydrogen) atoms. The van der Waals surface area contributed by atoms with E-state index in [1.165, 1.54) is 0 Å². The molecule has 104 valence electrons. The number of rotatable bonds is 4. The number of ether oxygens (including phenoxy) is 3. The van der Waals surface area contributed by atoms with Crippen molar-refractivity contribution < 1.29 is 19.0 Å². The standard InChI is InChI=1S/C14H14N2O4/c1-2-18-14(17)7-16-8-15-6-11(16)10-3-4-12-13(5-10)20-9-19-12/h3-6,8H,2,7,9H2,1H3. The van der Waals surface area contributed by atoms with Crippen LogP contribution in [0.2, 0.25) is 0 Å². The molecule has 0 N–H and O–H groups in total. The van der Waals surface area contributed by atoms with E-state index in [2.05, 4.69) is 4.98 Å². The fraction of sp³-hybridized carbons (Fsp3) is 0.286. The normalized spacial score (nSPS) is 12.4. The molecule has 6 heteroatoms. The van der Waals surface area contributed by atoms with Crippen LogP contribution in [-0.2, 0) is 16.1 Å². The van der Waals surface area contributed by atoms with Gasteiger partial charge in [0.25, 0.3) is 0 Å². The first-order valence-electron chi connectivity index (χ1n) is 6.33. The Hall–Kier alpha value is -2.50. The van der Waals surface area contributed by atoms with Crippen molar-refractivity contribution in [1.82, 2.24) is 9.55 Å². The summed E-state index contributed by atoms with van der Waals surface area (Å²) >= 11 is 0. The lowest BCUT2D eigenvalue weighted by Gasteiger charge is -2.08. The van der Waals surface area contributed by atoms with Crippen LogP contribution in [-0.4, -0.2) is 28.9 Å². The summed E-state index contributed by atoms with van der Waals surface area (Å²) < 4.78 is 17.3. The minimum absolute atomic E-state index is 0.137. The molecule has 0 fully saturated rings. The first-order chi connectivity index (χ1) is 9.78. The number of carbonyl (C=O) groups excluding carboxylic acids is 1. The van der Waals surface area contributed by atoms with Crippen LogP contribution < -0.4 is 9.47 Å². The first kappa shape index (κ1) is 12.5. The molecule has 0 saturated heterocycles. The number of hydrogen-bond donors (Lipinski definition) is 0. The highest BCUT2D eigenvalue weighted by atomic mass is 16.7. The highest BCUT2D eigenvalue weighted by Gasteiger charge is 2.16. The van der Waals surface area contributed by atoms with Crippen LogP contribution in [0.4, 0.5) is 0 Å². The fourth-order valence-electron chi connectivity index (χ4n) is 2.09. The first-order valence-corrected chi connectivity index (χ1v) is 6.33. The molecule has 2 aromatic rings. The van der Waals surface area contributed by atoms with Gasteiger partial charge in [0.2, 0.25) is 6.79 Å². The molecule has 0 atom stereocenters. The third kappa shape index (κ3) is 2.32. The zero-order chi connectivity index (χ0) is 13.9. The van der Waals surface area contributed by atoms with Crippen LogP contribution in [0.3, 0.4) is 0 Å². The number of fused-ring (bicyclic) bond motifs is 1. The maximum absolute atomic E-state index is 11.6. The van der Waals surface area contributed by atoms with Gasteiger partial charge in [0.1, 0.15) is 6.54 Å². The Balaban J connectivity index is 1.87. The quantitative estimate of drug-likeness (QED) is 0.796. The van der Waals surface area contributed by atoms with Crippen LogP contribution in [0.1, 0.15) is 6.92 Å². The van der Waals surface area contributed by atoms with E-state index < -0.39 is 0 Å². The molecule has 0 bridgehead atoms. The van der Waals surface area contributed by atoms with Crippen molar-refractivity contribution in [2.45, 2.75) is 13.5 Å². The summed E-state index contributed by atoms with van der Waals surface area (Å²) in [6, 6.07) is 5.63. The van der Waals surface area contributed by atoms with Crippen LogP contribution in [0.15, 0.2) is 30.7 Å². The minimum Gasteiger partial charge on any atom is -0.465 e. The summed E-state index contributed by atoms with van der Waals surface area (Å²) in [6.07, 6.45) is 3.31. The number of carbonyl (C=O) groups is 1. The summed E-state index contributed by atoms with van der Waals surface area (Å²) in [6.45, 7) is 2.52. The van der Waals surface area contributed by atoms with Crippen molar-refractivity contribution in [2.24, 2.45) is 0 Å². The molecule has 1 aromatic carbocycles. The van der Waals surface area contributed by atoms with Crippen molar-refractivity contribution in [3.63, 3.8) is 0 Å². The molecular formula is C14H14N2O4. The van der Waals surface area contributed by atoms with Crippen molar-refractivity contribution in [3.05, 3.63) is 30.7 Å². The molecule has 0 amide bonds. The van der Waals surface area contributed by atoms with Gasteiger partial charge in [0.05, 0.1) is 24.8 Å². The highest BCUT2D eigenvalue weighted by molar-refractivity contribution is 5.71. The number of hydrogen-bond acceptors (Lipinski definition) is 5. The summed E-state index contributed by atoms with van der Waals surface area (Å²) in [7, 11) is 0. The van der Waals surface area contributed by atoms with Crippen molar-refractivity contribution in [1.29, 1.82) is 0 Å². The largest absolute Gasteiger partial charge is 0.465 e. The van der Waals surface area contributed by atoms with Gasteiger partial charge in [0.15, 0.2) is 11.5 Å². The zero-order valence-corrected chi connectivity index (χ0v) is 11.0. The Kier molecular flexibility index (Phi) is 3.28. The third-order valence-electron chi connectivity index (χ3n) is 2.99. The Labute approximate surface area is 115 Å². The molecule has 2 heterocycles. The molecular weight excluding hydrogens is 260 g/mol. The van der Waals surface area contributed by atoms with E-state index in [4.69, 9.17) is 14.2 Å². The highest BCUT2D eigenvalue weighted by Crippen LogP contribution is 2.35. The monoisotopic (exact) mass is 274 g/mol. The second kappa shape index (κ2) is 5.24. The van der Waals surface area contributed by atoms with E-state index in [9.17, 15) is 4.79 Å². The topological polar surface area (TPSA) is 62.6 Å². The number of esters is 1. The molecule has 0 radical (unpaired) electrons. The van der Waals surface area contributed by atoms with E-state index in [1.807, 2.05) is 18.2 Å². The number of nitrogens with zero attached hydrogens (tertiary/aromatic N) is 2. The molecule has 1 aliphatic rings. The van der Waals surface area contributed by atoms with Gasteiger partial charge < -0.3 is 18.8 Å². The summed E-state index contributed by atoms with van der Waals surface area (Å²) in [4.78, 5) is 15.7. The lowest BCUT2D eigenvalue weighted by molar-refractivity contribution is -0.143. The van der Waals surface area contributed by atoms with Gasteiger partial charge in [0, 0.05) is 5.56 Å². The van der Waals surface area contributed by atoms with E-state index in [0.717, 1.165) is 17.0 Å². The van der Waals surface area contributed by atoms with Crippen LogP contribution in [0.25, 0.3) is 11.3 Å². The van der Waals surface area contributed by atoms with Gasteiger partial charge in [-0.2, -0.15) is 0 Å². The Morgan fingerprint density at radius 1 is 1.40 bits per heavy atom. The number of imidazole rings is 1. The average Bonchev–Trinajstić information content (AvgIpc) is 3.06. The predicted octanol–water partition coefficient (Wildman–Crippen LogP) is 1.84. The second-order valence-electron chi connectivity index (χ2n) is 4.28. The van der Waals surface area contributed by atoms with Crippen molar-refractivity contribution in [3.8, 4) is 22.8 Å². The molecule has 0 aliphatic carbocycles. The molecule has 3 rings (SSSR count). The molecule has 6 nitrogen and oxygen atoms in total. The molecule has 0 saturated carbocycles. The fourth-order valence-corrected chi connectivity index (χ4v) is 2.09. The van der Waals surface area contributed by atoms with E-state index >= 15 is 0 Å². The molecule has 1 aromatic heterocycles. The Morgan fingerprint density at radius 2 is 2.25 bits per heavy atom. The molecule has 0 unspecified atom stereocenters. The molecule has 0 spiro atoms. The summed E-state index contributed by atoms with van der Waals surface area (Å²) in [5.74, 6) is 1.14. The number of aromatic nitrogens is 2. The second-order valence-corrected chi connectivity index (χ2v) is 4.28. The SMILES string of the molecule is CCOC(=O)Cn1cncc1-c1ccc2c(c1)OCO2. The zero-order valence-electron chi connectivity index (χ0n) is 11.0. The lowest BCUT2D eigenvalue weighted by atomic mass is 10.1. The minimum atomic E-state index is -0.285. The van der Waals surface area contributed by atoms with E-state index in [0.29, 0.717) is 12.4 Å². The van der Waals surface area contributed by atoms with Gasteiger partial charge in [-0.3, -0.25) is 4.79 Å². The van der Waals surface area contributed by atoms with Gasteiger partial charge >= 0.3 is 5.97 Å². The van der Waals surface area contributed by atoms with Crippen LogP contribution in [0, 0.1) is 0 Å². The summed E-state index contributed by atoms with van der Waals surface area (Å²) in [5.41, 5.74) is 1.74. The van der Waals surface area contributed by atoms with Crippen molar-refractivity contribution in [2.75, 3.05) is 13.4 Å². The summed E-state index contributed by atoms with van der Waals surface area (Å²) in [5, 5.41) is 0. The van der Waals surface area contributed by atoms with Gasteiger partial charge in [-0.05, 0) is 25.1 Å². The third-order valence-corrected chi connectivity index (χ3v) is 2.99. The Morgan fingerprint density at radius 3 is 3.10 bits per heavy atom. The van der Waals surface area contributed by atoms with Crippen LogP contribution >= 0.6 is 0 Å². The Bertz CT molecular complexity index is 636. The van der Waals surface area contributed by atoms with Crippen LogP contribution in [0.5, 0.6) is 11.5 Å².